The molecule has 0 aromatic carbocycles. The third-order valence-corrected chi connectivity index (χ3v) is 1.71. The molecule has 0 rings (SSSR count). The van der Waals surface area contributed by atoms with Crippen LogP contribution in [-0.4, -0.2) is 25.8 Å². The summed E-state index contributed by atoms with van der Waals surface area (Å²) in [5.74, 6) is 0.239. The molecule has 0 aliphatic heterocycles. The Morgan fingerprint density at radius 1 is 1.21 bits per heavy atom. The van der Waals surface area contributed by atoms with E-state index in [2.05, 4.69) is 6.92 Å². The highest BCUT2D eigenvalue weighted by molar-refractivity contribution is 5.69. The number of carbonyl (C=O) groups excluding carboxylic acids is 1. The van der Waals surface area contributed by atoms with Gasteiger partial charge in [0.2, 0.25) is 0 Å². The van der Waals surface area contributed by atoms with Crippen molar-refractivity contribution in [2.75, 3.05) is 19.8 Å². The van der Waals surface area contributed by atoms with Gasteiger partial charge in [-0.25, -0.2) is 0 Å². The van der Waals surface area contributed by atoms with E-state index in [9.17, 15) is 4.79 Å². The first-order valence-electron chi connectivity index (χ1n) is 5.40. The normalized spacial score (nSPS) is 10.6. The molecule has 0 aromatic heterocycles. The van der Waals surface area contributed by atoms with Crippen LogP contribution in [-0.2, 0) is 14.3 Å². The molecule has 0 saturated heterocycles. The van der Waals surface area contributed by atoms with Gasteiger partial charge in [-0.2, -0.15) is 0 Å². The van der Waals surface area contributed by atoms with Crippen molar-refractivity contribution in [2.45, 2.75) is 40.0 Å². The Bertz CT molecular complexity index is 143. The SMILES string of the molecule is CCCCOCCOC(=O)CC(C)C. The number of carbonyl (C=O) groups is 1. The fourth-order valence-corrected chi connectivity index (χ4v) is 0.955. The second-order valence-corrected chi connectivity index (χ2v) is 3.78. The monoisotopic (exact) mass is 202 g/mol. The summed E-state index contributed by atoms with van der Waals surface area (Å²) in [5.41, 5.74) is 0. The lowest BCUT2D eigenvalue weighted by Gasteiger charge is -2.06. The first-order valence-corrected chi connectivity index (χ1v) is 5.40. The summed E-state index contributed by atoms with van der Waals surface area (Å²) < 4.78 is 10.2. The van der Waals surface area contributed by atoms with Crippen LogP contribution >= 0.6 is 0 Å². The Balaban J connectivity index is 3.15. The van der Waals surface area contributed by atoms with Crippen molar-refractivity contribution in [3.05, 3.63) is 0 Å². The van der Waals surface area contributed by atoms with Crippen molar-refractivity contribution in [3.8, 4) is 0 Å². The molecule has 0 amide bonds. The van der Waals surface area contributed by atoms with E-state index in [1.807, 2.05) is 13.8 Å². The molecule has 0 N–H and O–H groups in total. The highest BCUT2D eigenvalue weighted by Gasteiger charge is 2.04. The zero-order chi connectivity index (χ0) is 10.8. The van der Waals surface area contributed by atoms with Gasteiger partial charge in [0, 0.05) is 13.0 Å². The van der Waals surface area contributed by atoms with Crippen molar-refractivity contribution in [2.24, 2.45) is 5.92 Å². The molecule has 84 valence electrons. The first kappa shape index (κ1) is 13.4. The van der Waals surface area contributed by atoms with Gasteiger partial charge in [-0.15, -0.1) is 0 Å². The number of ether oxygens (including phenoxy) is 2. The van der Waals surface area contributed by atoms with Crippen LogP contribution < -0.4 is 0 Å². The Labute approximate surface area is 86.8 Å². The molecule has 0 aliphatic rings. The third kappa shape index (κ3) is 9.52. The first-order chi connectivity index (χ1) is 6.66. The average molecular weight is 202 g/mol. The molecular weight excluding hydrogens is 180 g/mol. The van der Waals surface area contributed by atoms with Gasteiger partial charge in [0.1, 0.15) is 6.61 Å². The minimum atomic E-state index is -0.126. The van der Waals surface area contributed by atoms with Crippen LogP contribution in [0.25, 0.3) is 0 Å². The minimum Gasteiger partial charge on any atom is -0.463 e. The molecular formula is C11H22O3. The van der Waals surface area contributed by atoms with Crippen molar-refractivity contribution in [1.82, 2.24) is 0 Å². The standard InChI is InChI=1S/C11H22O3/c1-4-5-6-13-7-8-14-11(12)9-10(2)3/h10H,4-9H2,1-3H3. The van der Waals surface area contributed by atoms with E-state index in [1.54, 1.807) is 0 Å². The number of rotatable bonds is 8. The lowest BCUT2D eigenvalue weighted by Crippen LogP contribution is -2.12. The summed E-state index contributed by atoms with van der Waals surface area (Å²) in [6, 6.07) is 0. The maximum Gasteiger partial charge on any atom is 0.306 e. The molecule has 0 unspecified atom stereocenters. The van der Waals surface area contributed by atoms with Crippen molar-refractivity contribution >= 4 is 5.97 Å². The lowest BCUT2D eigenvalue weighted by atomic mass is 10.1. The quantitative estimate of drug-likeness (QED) is 0.448. The molecule has 0 aliphatic carbocycles. The Hall–Kier alpha value is -0.570. The van der Waals surface area contributed by atoms with E-state index < -0.39 is 0 Å². The van der Waals surface area contributed by atoms with E-state index in [0.29, 0.717) is 25.6 Å². The maximum absolute atomic E-state index is 11.1. The minimum absolute atomic E-state index is 0.126. The van der Waals surface area contributed by atoms with E-state index in [1.165, 1.54) is 0 Å². The van der Waals surface area contributed by atoms with Gasteiger partial charge in [0.25, 0.3) is 0 Å². The number of unbranched alkanes of at least 4 members (excludes halogenated alkanes) is 1. The van der Waals surface area contributed by atoms with Crippen LogP contribution in [0.3, 0.4) is 0 Å². The predicted octanol–water partition coefficient (Wildman–Crippen LogP) is 2.39. The summed E-state index contributed by atoms with van der Waals surface area (Å²) in [5, 5.41) is 0. The number of esters is 1. The van der Waals surface area contributed by atoms with Crippen LogP contribution in [0.4, 0.5) is 0 Å². The zero-order valence-electron chi connectivity index (χ0n) is 9.54. The van der Waals surface area contributed by atoms with Gasteiger partial charge >= 0.3 is 5.97 Å². The van der Waals surface area contributed by atoms with E-state index in [0.717, 1.165) is 19.4 Å². The van der Waals surface area contributed by atoms with Gasteiger partial charge in [0.05, 0.1) is 6.61 Å². The smallest absolute Gasteiger partial charge is 0.306 e. The summed E-state index contributed by atoms with van der Waals surface area (Å²) in [7, 11) is 0. The highest BCUT2D eigenvalue weighted by Crippen LogP contribution is 2.00. The summed E-state index contributed by atoms with van der Waals surface area (Å²) in [4.78, 5) is 11.1. The molecule has 0 atom stereocenters. The summed E-state index contributed by atoms with van der Waals surface area (Å²) in [6.07, 6.45) is 2.70. The second kappa shape index (κ2) is 9.00. The molecule has 14 heavy (non-hydrogen) atoms. The Morgan fingerprint density at radius 2 is 1.93 bits per heavy atom. The predicted molar refractivity (Wildman–Crippen MR) is 56.1 cm³/mol. The van der Waals surface area contributed by atoms with Gasteiger partial charge in [-0.05, 0) is 12.3 Å². The molecule has 0 spiro atoms. The molecule has 0 radical (unpaired) electrons. The Morgan fingerprint density at radius 3 is 2.50 bits per heavy atom. The molecule has 3 heteroatoms. The highest BCUT2D eigenvalue weighted by atomic mass is 16.6. The maximum atomic E-state index is 11.1. The van der Waals surface area contributed by atoms with Crippen LogP contribution in [0, 0.1) is 5.92 Å². The Kier molecular flexibility index (Phi) is 8.64. The average Bonchev–Trinajstić information content (AvgIpc) is 2.10. The number of hydrogen-bond donors (Lipinski definition) is 0. The van der Waals surface area contributed by atoms with Crippen LogP contribution in [0.1, 0.15) is 40.0 Å². The largest absolute Gasteiger partial charge is 0.463 e. The van der Waals surface area contributed by atoms with Crippen LogP contribution in [0.2, 0.25) is 0 Å². The lowest BCUT2D eigenvalue weighted by molar-refractivity contribution is -0.146. The van der Waals surface area contributed by atoms with Gasteiger partial charge in [-0.1, -0.05) is 27.2 Å². The molecule has 0 heterocycles. The van der Waals surface area contributed by atoms with Gasteiger partial charge in [-0.3, -0.25) is 4.79 Å². The van der Waals surface area contributed by atoms with E-state index in [-0.39, 0.29) is 5.97 Å². The summed E-state index contributed by atoms with van der Waals surface area (Å²) >= 11 is 0. The zero-order valence-corrected chi connectivity index (χ0v) is 9.54. The third-order valence-electron chi connectivity index (χ3n) is 1.71. The summed E-state index contributed by atoms with van der Waals surface area (Å²) in [6.45, 7) is 7.78. The molecule has 0 saturated carbocycles. The molecule has 3 nitrogen and oxygen atoms in total. The molecule has 0 aromatic rings. The van der Waals surface area contributed by atoms with Crippen molar-refractivity contribution < 1.29 is 14.3 Å². The second-order valence-electron chi connectivity index (χ2n) is 3.78. The fourth-order valence-electron chi connectivity index (χ4n) is 0.955. The van der Waals surface area contributed by atoms with E-state index >= 15 is 0 Å². The van der Waals surface area contributed by atoms with Crippen molar-refractivity contribution in [1.29, 1.82) is 0 Å². The fraction of sp³-hybridized carbons (Fsp3) is 0.909. The topological polar surface area (TPSA) is 35.5 Å². The van der Waals surface area contributed by atoms with Gasteiger partial charge in [0.15, 0.2) is 0 Å². The van der Waals surface area contributed by atoms with Crippen molar-refractivity contribution in [3.63, 3.8) is 0 Å². The molecule has 0 fully saturated rings. The number of hydrogen-bond acceptors (Lipinski definition) is 3. The van der Waals surface area contributed by atoms with Gasteiger partial charge < -0.3 is 9.47 Å². The van der Waals surface area contributed by atoms with Crippen LogP contribution in [0.5, 0.6) is 0 Å². The van der Waals surface area contributed by atoms with Crippen LogP contribution in [0.15, 0.2) is 0 Å². The molecule has 0 bridgehead atoms. The van der Waals surface area contributed by atoms with E-state index in [4.69, 9.17) is 9.47 Å².